The van der Waals surface area contributed by atoms with Crippen LogP contribution in [0.25, 0.3) is 10.9 Å². The maximum Gasteiger partial charge on any atom is 0.336 e. The van der Waals surface area contributed by atoms with Crippen LogP contribution in [0.1, 0.15) is 28.4 Å². The molecular formula is C19H20N2O2. The van der Waals surface area contributed by atoms with Crippen molar-refractivity contribution in [2.75, 3.05) is 5.32 Å². The van der Waals surface area contributed by atoms with Crippen LogP contribution in [0.3, 0.4) is 0 Å². The summed E-state index contributed by atoms with van der Waals surface area (Å²) >= 11 is 0. The van der Waals surface area contributed by atoms with Crippen molar-refractivity contribution < 1.29 is 9.90 Å². The van der Waals surface area contributed by atoms with Gasteiger partial charge < -0.3 is 15.0 Å². The molecule has 0 unspecified atom stereocenters. The van der Waals surface area contributed by atoms with E-state index in [4.69, 9.17) is 0 Å². The Bertz CT molecular complexity index is 865. The second-order valence-electron chi connectivity index (χ2n) is 5.59. The molecule has 0 aliphatic heterocycles. The van der Waals surface area contributed by atoms with E-state index in [2.05, 4.69) is 35.1 Å². The van der Waals surface area contributed by atoms with Gasteiger partial charge in [0.2, 0.25) is 0 Å². The van der Waals surface area contributed by atoms with Crippen LogP contribution >= 0.6 is 0 Å². The minimum absolute atomic E-state index is 0.339. The van der Waals surface area contributed by atoms with Crippen molar-refractivity contribution in [3.8, 4) is 0 Å². The van der Waals surface area contributed by atoms with E-state index in [-0.39, 0.29) is 0 Å². The molecule has 3 aromatic rings. The van der Waals surface area contributed by atoms with Crippen LogP contribution in [0, 0.1) is 6.92 Å². The lowest BCUT2D eigenvalue weighted by Crippen LogP contribution is -2.05. The van der Waals surface area contributed by atoms with Gasteiger partial charge in [0, 0.05) is 35.9 Å². The molecule has 0 saturated heterocycles. The second kappa shape index (κ2) is 6.16. The average molecular weight is 308 g/mol. The highest BCUT2D eigenvalue weighted by molar-refractivity contribution is 5.91. The minimum Gasteiger partial charge on any atom is -0.478 e. The van der Waals surface area contributed by atoms with Gasteiger partial charge in [0.1, 0.15) is 0 Å². The SMILES string of the molecule is CCn1cc(CNc2cccc(C(=O)O)c2C)c2ccccc21. The zero-order valence-corrected chi connectivity index (χ0v) is 13.3. The summed E-state index contributed by atoms with van der Waals surface area (Å²) < 4.78 is 2.23. The van der Waals surface area contributed by atoms with Crippen molar-refractivity contribution in [3.05, 3.63) is 65.4 Å². The number of aryl methyl sites for hydroxylation is 1. The first-order valence-corrected chi connectivity index (χ1v) is 7.75. The molecule has 0 radical (unpaired) electrons. The first kappa shape index (κ1) is 15.2. The normalized spacial score (nSPS) is 10.9. The molecule has 2 aromatic carbocycles. The average Bonchev–Trinajstić information content (AvgIpc) is 2.92. The number of nitrogens with one attached hydrogen (secondary N) is 1. The van der Waals surface area contributed by atoms with E-state index in [0.717, 1.165) is 17.8 Å². The van der Waals surface area contributed by atoms with Gasteiger partial charge in [0.25, 0.3) is 0 Å². The Kier molecular flexibility index (Phi) is 4.06. The Morgan fingerprint density at radius 2 is 1.96 bits per heavy atom. The van der Waals surface area contributed by atoms with Gasteiger partial charge in [-0.15, -0.1) is 0 Å². The summed E-state index contributed by atoms with van der Waals surface area (Å²) in [6.07, 6.45) is 2.16. The van der Waals surface area contributed by atoms with Crippen molar-refractivity contribution in [2.45, 2.75) is 26.9 Å². The number of carboxylic acids is 1. The number of hydrogen-bond donors (Lipinski definition) is 2. The van der Waals surface area contributed by atoms with Gasteiger partial charge in [-0.2, -0.15) is 0 Å². The molecule has 3 rings (SSSR count). The largest absolute Gasteiger partial charge is 0.478 e. The molecule has 2 N–H and O–H groups in total. The van der Waals surface area contributed by atoms with Crippen LogP contribution in [-0.2, 0) is 13.1 Å². The molecule has 0 fully saturated rings. The Morgan fingerprint density at radius 3 is 2.70 bits per heavy atom. The van der Waals surface area contributed by atoms with Crippen molar-refractivity contribution >= 4 is 22.6 Å². The Morgan fingerprint density at radius 1 is 1.17 bits per heavy atom. The number of aromatic carboxylic acids is 1. The van der Waals surface area contributed by atoms with E-state index >= 15 is 0 Å². The topological polar surface area (TPSA) is 54.3 Å². The zero-order chi connectivity index (χ0) is 16.4. The number of fused-ring (bicyclic) bond motifs is 1. The molecule has 1 aromatic heterocycles. The van der Waals surface area contributed by atoms with Gasteiger partial charge in [-0.1, -0.05) is 24.3 Å². The lowest BCUT2D eigenvalue weighted by atomic mass is 10.1. The maximum atomic E-state index is 11.2. The molecular weight excluding hydrogens is 288 g/mol. The van der Waals surface area contributed by atoms with Crippen LogP contribution in [0.5, 0.6) is 0 Å². The molecule has 0 spiro atoms. The summed E-state index contributed by atoms with van der Waals surface area (Å²) in [6.45, 7) is 5.55. The van der Waals surface area contributed by atoms with Crippen molar-refractivity contribution in [3.63, 3.8) is 0 Å². The summed E-state index contributed by atoms with van der Waals surface area (Å²) in [6, 6.07) is 13.7. The molecule has 0 atom stereocenters. The van der Waals surface area contributed by atoms with Gasteiger partial charge >= 0.3 is 5.97 Å². The quantitative estimate of drug-likeness (QED) is 0.739. The first-order chi connectivity index (χ1) is 11.1. The number of hydrogen-bond acceptors (Lipinski definition) is 2. The molecule has 0 saturated carbocycles. The van der Waals surface area contributed by atoms with E-state index in [0.29, 0.717) is 12.1 Å². The third-order valence-corrected chi connectivity index (χ3v) is 4.25. The van der Waals surface area contributed by atoms with Crippen LogP contribution in [-0.4, -0.2) is 15.6 Å². The second-order valence-corrected chi connectivity index (χ2v) is 5.59. The van der Waals surface area contributed by atoms with Gasteiger partial charge in [-0.3, -0.25) is 0 Å². The maximum absolute atomic E-state index is 11.2. The predicted octanol–water partition coefficient (Wildman–Crippen LogP) is 4.28. The smallest absolute Gasteiger partial charge is 0.336 e. The first-order valence-electron chi connectivity index (χ1n) is 7.75. The lowest BCUT2D eigenvalue weighted by molar-refractivity contribution is 0.0696. The fraction of sp³-hybridized carbons (Fsp3) is 0.211. The summed E-state index contributed by atoms with van der Waals surface area (Å²) in [5.41, 5.74) is 4.40. The standard InChI is InChI=1S/C19H20N2O2/c1-3-21-12-14(16-7-4-5-10-18(16)21)11-20-17-9-6-8-15(13(17)2)19(22)23/h4-10,12,20H,3,11H2,1-2H3,(H,22,23). The molecule has 4 nitrogen and oxygen atoms in total. The fourth-order valence-electron chi connectivity index (χ4n) is 2.97. The van der Waals surface area contributed by atoms with E-state index in [9.17, 15) is 9.90 Å². The zero-order valence-electron chi connectivity index (χ0n) is 13.3. The highest BCUT2D eigenvalue weighted by atomic mass is 16.4. The van der Waals surface area contributed by atoms with Crippen LogP contribution in [0.4, 0.5) is 5.69 Å². The highest BCUT2D eigenvalue weighted by Gasteiger charge is 2.11. The van der Waals surface area contributed by atoms with E-state index < -0.39 is 5.97 Å². The monoisotopic (exact) mass is 308 g/mol. The number of nitrogens with zero attached hydrogens (tertiary/aromatic N) is 1. The molecule has 0 aliphatic rings. The molecule has 0 amide bonds. The third-order valence-electron chi connectivity index (χ3n) is 4.25. The van der Waals surface area contributed by atoms with E-state index in [1.54, 1.807) is 12.1 Å². The third kappa shape index (κ3) is 2.80. The molecule has 23 heavy (non-hydrogen) atoms. The van der Waals surface area contributed by atoms with Crippen LogP contribution in [0.2, 0.25) is 0 Å². The Hall–Kier alpha value is -2.75. The molecule has 4 heteroatoms. The van der Waals surface area contributed by atoms with E-state index in [1.807, 2.05) is 25.1 Å². The highest BCUT2D eigenvalue weighted by Crippen LogP contribution is 2.24. The molecule has 0 bridgehead atoms. The fourth-order valence-corrected chi connectivity index (χ4v) is 2.97. The Balaban J connectivity index is 1.90. The van der Waals surface area contributed by atoms with Crippen LogP contribution in [0.15, 0.2) is 48.7 Å². The summed E-state index contributed by atoms with van der Waals surface area (Å²) in [7, 11) is 0. The number of anilines is 1. The number of carboxylic acid groups (broad SMARTS) is 1. The lowest BCUT2D eigenvalue weighted by Gasteiger charge is -2.11. The number of para-hydroxylation sites is 1. The van der Waals surface area contributed by atoms with Gasteiger partial charge in [-0.25, -0.2) is 4.79 Å². The Labute approximate surface area is 135 Å². The van der Waals surface area contributed by atoms with Gasteiger partial charge in [0.15, 0.2) is 0 Å². The van der Waals surface area contributed by atoms with Crippen molar-refractivity contribution in [1.82, 2.24) is 4.57 Å². The number of aromatic nitrogens is 1. The van der Waals surface area contributed by atoms with Gasteiger partial charge in [-0.05, 0) is 43.2 Å². The summed E-state index contributed by atoms with van der Waals surface area (Å²) in [5.74, 6) is -0.895. The van der Waals surface area contributed by atoms with Crippen molar-refractivity contribution in [1.29, 1.82) is 0 Å². The minimum atomic E-state index is -0.895. The molecule has 118 valence electrons. The summed E-state index contributed by atoms with van der Waals surface area (Å²) in [4.78, 5) is 11.2. The van der Waals surface area contributed by atoms with E-state index in [1.165, 1.54) is 16.5 Å². The van der Waals surface area contributed by atoms with Crippen molar-refractivity contribution in [2.24, 2.45) is 0 Å². The van der Waals surface area contributed by atoms with Crippen LogP contribution < -0.4 is 5.32 Å². The van der Waals surface area contributed by atoms with Gasteiger partial charge in [0.05, 0.1) is 5.56 Å². The number of carbonyl (C=O) groups is 1. The summed E-state index contributed by atoms with van der Waals surface area (Å²) in [5, 5.41) is 13.8. The molecule has 0 aliphatic carbocycles. The molecule has 1 heterocycles. The number of rotatable bonds is 5. The predicted molar refractivity (Wildman–Crippen MR) is 93.1 cm³/mol. The number of benzene rings is 2.